The summed E-state index contributed by atoms with van der Waals surface area (Å²) in [5.41, 5.74) is 1.82. The van der Waals surface area contributed by atoms with Crippen LogP contribution in [0, 0.1) is 0 Å². The van der Waals surface area contributed by atoms with E-state index in [0.717, 1.165) is 51.2 Å². The van der Waals surface area contributed by atoms with Crippen LogP contribution in [0.15, 0.2) is 36.5 Å². The lowest BCUT2D eigenvalue weighted by atomic mass is 10.0. The van der Waals surface area contributed by atoms with Gasteiger partial charge in [-0.15, -0.1) is 0 Å². The van der Waals surface area contributed by atoms with E-state index < -0.39 is 5.60 Å². The Morgan fingerprint density at radius 3 is 2.75 bits per heavy atom. The standard InChI is InChI=1S/C20H27N3O/c24-20(15-22-11-2-1-3-12-22)9-13-23(16-20)14-17-6-4-8-19-18(17)7-5-10-21-19/h4-8,10,24H,1-3,9,11-16H2. The number of likely N-dealkylation sites (tertiary alicyclic amines) is 2. The topological polar surface area (TPSA) is 39.6 Å². The van der Waals surface area contributed by atoms with Crippen molar-refractivity contribution >= 4 is 10.9 Å². The van der Waals surface area contributed by atoms with Crippen molar-refractivity contribution < 1.29 is 5.11 Å². The average Bonchev–Trinajstić information content (AvgIpc) is 2.96. The number of benzene rings is 1. The Labute approximate surface area is 144 Å². The fraction of sp³-hybridized carbons (Fsp3) is 0.550. The predicted octanol–water partition coefficient (Wildman–Crippen LogP) is 2.66. The van der Waals surface area contributed by atoms with E-state index in [9.17, 15) is 5.11 Å². The molecular formula is C20H27N3O. The molecule has 1 aromatic heterocycles. The van der Waals surface area contributed by atoms with E-state index in [4.69, 9.17) is 0 Å². The van der Waals surface area contributed by atoms with Gasteiger partial charge in [-0.1, -0.05) is 24.6 Å². The number of hydrogen-bond donors (Lipinski definition) is 1. The minimum atomic E-state index is -0.541. The first-order chi connectivity index (χ1) is 11.7. The fourth-order valence-corrected chi connectivity index (χ4v) is 4.28. The van der Waals surface area contributed by atoms with Gasteiger partial charge in [0.05, 0.1) is 11.1 Å². The molecular weight excluding hydrogens is 298 g/mol. The van der Waals surface area contributed by atoms with Crippen molar-refractivity contribution in [2.75, 3.05) is 32.7 Å². The molecule has 0 radical (unpaired) electrons. The summed E-state index contributed by atoms with van der Waals surface area (Å²) in [6.07, 6.45) is 6.63. The van der Waals surface area contributed by atoms with Crippen LogP contribution >= 0.6 is 0 Å². The van der Waals surface area contributed by atoms with Crippen LogP contribution in [0.25, 0.3) is 10.9 Å². The zero-order chi connectivity index (χ0) is 16.4. The number of pyridine rings is 1. The lowest BCUT2D eigenvalue weighted by Gasteiger charge is -2.33. The first kappa shape index (κ1) is 16.0. The second-order valence-corrected chi connectivity index (χ2v) is 7.51. The lowest BCUT2D eigenvalue weighted by Crippen LogP contribution is -2.46. The molecule has 2 aliphatic heterocycles. The Morgan fingerprint density at radius 2 is 1.88 bits per heavy atom. The highest BCUT2D eigenvalue weighted by Gasteiger charge is 2.37. The van der Waals surface area contributed by atoms with E-state index in [1.54, 1.807) is 0 Å². The molecule has 4 rings (SSSR count). The van der Waals surface area contributed by atoms with Crippen LogP contribution in [0.5, 0.6) is 0 Å². The molecule has 4 nitrogen and oxygen atoms in total. The molecule has 0 aliphatic carbocycles. The highest BCUT2D eigenvalue weighted by atomic mass is 16.3. The van der Waals surface area contributed by atoms with Crippen LogP contribution in [0.1, 0.15) is 31.2 Å². The minimum absolute atomic E-state index is 0.541. The summed E-state index contributed by atoms with van der Waals surface area (Å²) >= 11 is 0. The smallest absolute Gasteiger partial charge is 0.0912 e. The lowest BCUT2D eigenvalue weighted by molar-refractivity contribution is 0.00637. The van der Waals surface area contributed by atoms with Crippen molar-refractivity contribution in [2.45, 2.75) is 37.8 Å². The molecule has 4 heteroatoms. The van der Waals surface area contributed by atoms with Gasteiger partial charge < -0.3 is 10.0 Å². The first-order valence-electron chi connectivity index (χ1n) is 9.22. The SMILES string of the molecule is OC1(CN2CCCCC2)CCN(Cc2cccc3ncccc23)C1. The summed E-state index contributed by atoms with van der Waals surface area (Å²) in [4.78, 5) is 9.30. The highest BCUT2D eigenvalue weighted by Crippen LogP contribution is 2.27. The van der Waals surface area contributed by atoms with E-state index in [0.29, 0.717) is 0 Å². The molecule has 1 N–H and O–H groups in total. The maximum atomic E-state index is 11.0. The van der Waals surface area contributed by atoms with Crippen molar-refractivity contribution in [3.63, 3.8) is 0 Å². The van der Waals surface area contributed by atoms with Crippen LogP contribution in [0.3, 0.4) is 0 Å². The molecule has 2 fully saturated rings. The van der Waals surface area contributed by atoms with Gasteiger partial charge >= 0.3 is 0 Å². The van der Waals surface area contributed by atoms with Gasteiger partial charge in [-0.05, 0) is 50.0 Å². The van der Waals surface area contributed by atoms with Gasteiger partial charge in [-0.2, -0.15) is 0 Å². The molecule has 0 spiro atoms. The molecule has 2 aliphatic rings. The van der Waals surface area contributed by atoms with Crippen molar-refractivity contribution in [2.24, 2.45) is 0 Å². The van der Waals surface area contributed by atoms with Gasteiger partial charge in [0.1, 0.15) is 0 Å². The zero-order valence-corrected chi connectivity index (χ0v) is 14.3. The van der Waals surface area contributed by atoms with Crippen LogP contribution in [-0.4, -0.2) is 58.2 Å². The second-order valence-electron chi connectivity index (χ2n) is 7.51. The molecule has 0 bridgehead atoms. The fourth-order valence-electron chi connectivity index (χ4n) is 4.28. The number of aliphatic hydroxyl groups is 1. The van der Waals surface area contributed by atoms with Crippen LogP contribution in [-0.2, 0) is 6.54 Å². The Morgan fingerprint density at radius 1 is 1.00 bits per heavy atom. The number of piperidine rings is 1. The van der Waals surface area contributed by atoms with Crippen molar-refractivity contribution in [3.05, 3.63) is 42.1 Å². The molecule has 1 atom stereocenters. The third kappa shape index (κ3) is 3.46. The summed E-state index contributed by atoms with van der Waals surface area (Å²) in [6.45, 7) is 5.78. The van der Waals surface area contributed by atoms with Crippen LogP contribution in [0.2, 0.25) is 0 Å². The number of fused-ring (bicyclic) bond motifs is 1. The average molecular weight is 325 g/mol. The molecule has 3 heterocycles. The minimum Gasteiger partial charge on any atom is -0.387 e. The normalized spacial score (nSPS) is 26.2. The Bertz CT molecular complexity index is 693. The number of rotatable bonds is 4. The van der Waals surface area contributed by atoms with Gasteiger partial charge in [-0.25, -0.2) is 0 Å². The molecule has 2 saturated heterocycles. The maximum absolute atomic E-state index is 11.0. The molecule has 24 heavy (non-hydrogen) atoms. The van der Waals surface area contributed by atoms with E-state index in [1.807, 2.05) is 12.3 Å². The summed E-state index contributed by atoms with van der Waals surface area (Å²) < 4.78 is 0. The molecule has 0 amide bonds. The third-order valence-electron chi connectivity index (χ3n) is 5.51. The van der Waals surface area contributed by atoms with Gasteiger partial charge in [0.2, 0.25) is 0 Å². The summed E-state index contributed by atoms with van der Waals surface area (Å²) in [6, 6.07) is 10.5. The van der Waals surface area contributed by atoms with Gasteiger partial charge in [0.25, 0.3) is 0 Å². The molecule has 1 aromatic carbocycles. The monoisotopic (exact) mass is 325 g/mol. The Balaban J connectivity index is 1.42. The van der Waals surface area contributed by atoms with E-state index in [2.05, 4.69) is 39.0 Å². The predicted molar refractivity (Wildman–Crippen MR) is 96.9 cm³/mol. The number of hydrogen-bond acceptors (Lipinski definition) is 4. The maximum Gasteiger partial charge on any atom is 0.0912 e. The van der Waals surface area contributed by atoms with Crippen LogP contribution in [0.4, 0.5) is 0 Å². The Hall–Kier alpha value is -1.49. The number of nitrogens with zero attached hydrogens (tertiary/aromatic N) is 3. The summed E-state index contributed by atoms with van der Waals surface area (Å²) in [7, 11) is 0. The summed E-state index contributed by atoms with van der Waals surface area (Å²) in [5, 5.41) is 12.2. The quantitative estimate of drug-likeness (QED) is 0.938. The Kier molecular flexibility index (Phi) is 4.53. The van der Waals surface area contributed by atoms with Crippen molar-refractivity contribution in [1.82, 2.24) is 14.8 Å². The first-order valence-corrected chi connectivity index (χ1v) is 9.22. The van der Waals surface area contributed by atoms with Crippen LogP contribution < -0.4 is 0 Å². The van der Waals surface area contributed by atoms with Gasteiger partial charge in [0.15, 0.2) is 0 Å². The molecule has 2 aromatic rings. The number of β-amino-alcohol motifs (C(OH)–C–C–N with tert-alkyl or cyclic N) is 1. The van der Waals surface area contributed by atoms with Crippen molar-refractivity contribution in [3.8, 4) is 0 Å². The summed E-state index contributed by atoms with van der Waals surface area (Å²) in [5.74, 6) is 0. The zero-order valence-electron chi connectivity index (χ0n) is 14.3. The molecule has 1 unspecified atom stereocenters. The number of aromatic nitrogens is 1. The second kappa shape index (κ2) is 6.79. The van der Waals surface area contributed by atoms with E-state index in [1.165, 1.54) is 30.2 Å². The van der Waals surface area contributed by atoms with Gasteiger partial charge in [0, 0.05) is 37.8 Å². The largest absolute Gasteiger partial charge is 0.387 e. The highest BCUT2D eigenvalue weighted by molar-refractivity contribution is 5.81. The molecule has 0 saturated carbocycles. The third-order valence-corrected chi connectivity index (χ3v) is 5.51. The van der Waals surface area contributed by atoms with E-state index >= 15 is 0 Å². The van der Waals surface area contributed by atoms with Crippen molar-refractivity contribution in [1.29, 1.82) is 0 Å². The molecule has 128 valence electrons. The van der Waals surface area contributed by atoms with E-state index in [-0.39, 0.29) is 0 Å². The van der Waals surface area contributed by atoms with Gasteiger partial charge in [-0.3, -0.25) is 9.88 Å².